The molecule has 0 unspecified atom stereocenters. The van der Waals surface area contributed by atoms with Crippen molar-refractivity contribution in [2.45, 2.75) is 26.8 Å². The van der Waals surface area contributed by atoms with Gasteiger partial charge in [0, 0.05) is 18.1 Å². The van der Waals surface area contributed by atoms with Crippen LogP contribution in [-0.2, 0) is 6.54 Å². The van der Waals surface area contributed by atoms with Crippen molar-refractivity contribution in [3.63, 3.8) is 0 Å². The first kappa shape index (κ1) is 12.4. The Hall–Kier alpha value is -1.06. The predicted octanol–water partition coefficient (Wildman–Crippen LogP) is 4.15. The monoisotopic (exact) mass is 266 g/mol. The molecule has 1 heterocycles. The van der Waals surface area contributed by atoms with Crippen LogP contribution in [0.15, 0.2) is 34.8 Å². The van der Waals surface area contributed by atoms with Gasteiger partial charge in [-0.2, -0.15) is 0 Å². The van der Waals surface area contributed by atoms with Gasteiger partial charge in [0.05, 0.1) is 10.7 Å². The molecule has 0 spiro atoms. The molecule has 0 N–H and O–H groups in total. The minimum Gasteiger partial charge on any atom is -0.324 e. The highest BCUT2D eigenvalue weighted by molar-refractivity contribution is 7.07. The van der Waals surface area contributed by atoms with Gasteiger partial charge < -0.3 is 4.57 Å². The molecule has 1 aromatic heterocycles. The van der Waals surface area contributed by atoms with E-state index in [0.29, 0.717) is 5.02 Å². The molecule has 0 aliphatic heterocycles. The van der Waals surface area contributed by atoms with Crippen LogP contribution in [-0.4, -0.2) is 4.57 Å². The van der Waals surface area contributed by atoms with E-state index in [-0.39, 0.29) is 0 Å². The van der Waals surface area contributed by atoms with Crippen LogP contribution in [0.25, 0.3) is 0 Å². The van der Waals surface area contributed by atoms with E-state index in [1.54, 1.807) is 11.3 Å². The summed E-state index contributed by atoms with van der Waals surface area (Å²) in [5.41, 5.74) is 1.98. The van der Waals surface area contributed by atoms with Crippen LogP contribution in [0.5, 0.6) is 0 Å². The average molecular weight is 267 g/mol. The standard InChI is InChI=1S/C13H15ClN2S/c1-3-7-16-8-9-17-13(16)15-12-10(2)5-4-6-11(12)14/h4-6,8-9H,3,7H2,1-2H3. The molecular weight excluding hydrogens is 252 g/mol. The zero-order valence-electron chi connectivity index (χ0n) is 9.98. The van der Waals surface area contributed by atoms with Crippen molar-refractivity contribution in [1.82, 2.24) is 4.57 Å². The first-order chi connectivity index (χ1) is 8.22. The minimum absolute atomic E-state index is 0.710. The van der Waals surface area contributed by atoms with E-state index in [0.717, 1.165) is 29.0 Å². The summed E-state index contributed by atoms with van der Waals surface area (Å²) in [6.45, 7) is 5.18. The van der Waals surface area contributed by atoms with E-state index in [1.807, 2.05) is 25.1 Å². The molecule has 0 aliphatic carbocycles. The number of hydrogen-bond acceptors (Lipinski definition) is 2. The molecule has 0 atom stereocenters. The zero-order chi connectivity index (χ0) is 12.3. The molecule has 0 saturated carbocycles. The number of aromatic nitrogens is 1. The number of halogens is 1. The number of nitrogens with zero attached hydrogens (tertiary/aromatic N) is 2. The molecule has 2 nitrogen and oxygen atoms in total. The lowest BCUT2D eigenvalue weighted by Crippen LogP contribution is -2.13. The van der Waals surface area contributed by atoms with E-state index in [9.17, 15) is 0 Å². The number of thiazole rings is 1. The quantitative estimate of drug-likeness (QED) is 0.794. The van der Waals surface area contributed by atoms with E-state index < -0.39 is 0 Å². The maximum atomic E-state index is 6.18. The highest BCUT2D eigenvalue weighted by Crippen LogP contribution is 2.27. The van der Waals surface area contributed by atoms with Gasteiger partial charge in [0.1, 0.15) is 0 Å². The highest BCUT2D eigenvalue weighted by Gasteiger charge is 2.02. The molecule has 2 aromatic rings. The molecule has 2 rings (SSSR count). The summed E-state index contributed by atoms with van der Waals surface area (Å²) in [5.74, 6) is 0. The average Bonchev–Trinajstić information content (AvgIpc) is 2.72. The molecule has 0 radical (unpaired) electrons. The van der Waals surface area contributed by atoms with Crippen LogP contribution in [0.2, 0.25) is 5.02 Å². The minimum atomic E-state index is 0.710. The fourth-order valence-corrected chi connectivity index (χ4v) is 2.68. The second kappa shape index (κ2) is 5.52. The summed E-state index contributed by atoms with van der Waals surface area (Å²) in [5, 5.41) is 2.77. The van der Waals surface area contributed by atoms with Crippen molar-refractivity contribution < 1.29 is 0 Å². The molecule has 0 bridgehead atoms. The fraction of sp³-hybridized carbons (Fsp3) is 0.308. The maximum Gasteiger partial charge on any atom is 0.189 e. The Bertz CT molecular complexity index is 549. The summed E-state index contributed by atoms with van der Waals surface area (Å²) in [7, 11) is 0. The van der Waals surface area contributed by atoms with Gasteiger partial charge in [-0.3, -0.25) is 0 Å². The van der Waals surface area contributed by atoms with E-state index >= 15 is 0 Å². The van der Waals surface area contributed by atoms with Crippen molar-refractivity contribution in [2.24, 2.45) is 4.99 Å². The largest absolute Gasteiger partial charge is 0.324 e. The molecular formula is C13H15ClN2S. The van der Waals surface area contributed by atoms with Gasteiger partial charge in [-0.1, -0.05) is 30.7 Å². The lowest BCUT2D eigenvalue weighted by atomic mass is 10.2. The molecule has 4 heteroatoms. The van der Waals surface area contributed by atoms with Gasteiger partial charge in [0.25, 0.3) is 0 Å². The molecule has 1 aromatic carbocycles. The number of rotatable bonds is 3. The Kier molecular flexibility index (Phi) is 4.02. The summed E-state index contributed by atoms with van der Waals surface area (Å²) >= 11 is 7.82. The number of hydrogen-bond donors (Lipinski definition) is 0. The van der Waals surface area contributed by atoms with Gasteiger partial charge in [0.2, 0.25) is 0 Å². The lowest BCUT2D eigenvalue weighted by Gasteiger charge is -2.03. The molecule has 0 saturated heterocycles. The Morgan fingerprint density at radius 3 is 2.94 bits per heavy atom. The Labute approximate surface area is 110 Å². The Balaban J connectivity index is 2.51. The topological polar surface area (TPSA) is 17.3 Å². The van der Waals surface area contributed by atoms with Crippen LogP contribution in [0.1, 0.15) is 18.9 Å². The summed E-state index contributed by atoms with van der Waals surface area (Å²) in [4.78, 5) is 5.67. The van der Waals surface area contributed by atoms with Gasteiger partial charge in [-0.05, 0) is 25.0 Å². The molecule has 90 valence electrons. The van der Waals surface area contributed by atoms with Gasteiger partial charge in [0.15, 0.2) is 4.80 Å². The van der Waals surface area contributed by atoms with Crippen LogP contribution in [0, 0.1) is 6.92 Å². The van der Waals surface area contributed by atoms with E-state index in [4.69, 9.17) is 11.6 Å². The molecule has 0 aliphatic rings. The maximum absolute atomic E-state index is 6.18. The Morgan fingerprint density at radius 2 is 2.24 bits per heavy atom. The summed E-state index contributed by atoms with van der Waals surface area (Å²) < 4.78 is 2.16. The lowest BCUT2D eigenvalue weighted by molar-refractivity contribution is 0.661. The van der Waals surface area contributed by atoms with Crippen LogP contribution in [0.4, 0.5) is 5.69 Å². The zero-order valence-corrected chi connectivity index (χ0v) is 11.6. The summed E-state index contributed by atoms with van der Waals surface area (Å²) in [6, 6.07) is 5.86. The van der Waals surface area contributed by atoms with Crippen molar-refractivity contribution in [1.29, 1.82) is 0 Å². The molecule has 0 fully saturated rings. The third-order valence-electron chi connectivity index (χ3n) is 2.52. The van der Waals surface area contributed by atoms with Crippen molar-refractivity contribution in [3.05, 3.63) is 45.2 Å². The van der Waals surface area contributed by atoms with Gasteiger partial charge in [-0.15, -0.1) is 11.3 Å². The third-order valence-corrected chi connectivity index (χ3v) is 3.62. The smallest absolute Gasteiger partial charge is 0.189 e. The second-order valence-corrected chi connectivity index (χ2v) is 5.18. The molecule has 0 amide bonds. The van der Waals surface area contributed by atoms with Gasteiger partial charge in [-0.25, -0.2) is 4.99 Å². The fourth-order valence-electron chi connectivity index (χ4n) is 1.66. The van der Waals surface area contributed by atoms with Crippen molar-refractivity contribution in [2.75, 3.05) is 0 Å². The van der Waals surface area contributed by atoms with Crippen LogP contribution < -0.4 is 4.80 Å². The van der Waals surface area contributed by atoms with Crippen LogP contribution >= 0.6 is 22.9 Å². The summed E-state index contributed by atoms with van der Waals surface area (Å²) in [6.07, 6.45) is 3.17. The van der Waals surface area contributed by atoms with Crippen molar-refractivity contribution in [3.8, 4) is 0 Å². The highest BCUT2D eigenvalue weighted by atomic mass is 35.5. The number of benzene rings is 1. The molecule has 17 heavy (non-hydrogen) atoms. The Morgan fingerprint density at radius 1 is 1.41 bits per heavy atom. The van der Waals surface area contributed by atoms with E-state index in [2.05, 4.69) is 28.1 Å². The first-order valence-electron chi connectivity index (χ1n) is 5.66. The number of para-hydroxylation sites is 1. The third kappa shape index (κ3) is 2.79. The predicted molar refractivity (Wildman–Crippen MR) is 74.0 cm³/mol. The van der Waals surface area contributed by atoms with E-state index in [1.165, 1.54) is 0 Å². The van der Waals surface area contributed by atoms with Gasteiger partial charge >= 0.3 is 0 Å². The second-order valence-electron chi connectivity index (χ2n) is 3.90. The SMILES string of the molecule is CCCn1ccsc1=Nc1c(C)cccc1Cl. The normalized spacial score (nSPS) is 12.1. The first-order valence-corrected chi connectivity index (χ1v) is 6.92. The number of aryl methyl sites for hydroxylation is 2. The van der Waals surface area contributed by atoms with Crippen molar-refractivity contribution >= 4 is 28.6 Å². The van der Waals surface area contributed by atoms with Crippen LogP contribution in [0.3, 0.4) is 0 Å².